The molecule has 0 aliphatic carbocycles. The van der Waals surface area contributed by atoms with Crippen molar-refractivity contribution in [2.24, 2.45) is 0 Å². The first-order chi connectivity index (χ1) is 12.4. The minimum absolute atomic E-state index is 0.224. The van der Waals surface area contributed by atoms with Gasteiger partial charge in [-0.3, -0.25) is 4.79 Å². The van der Waals surface area contributed by atoms with Crippen LogP contribution in [-0.4, -0.2) is 33.8 Å². The number of carbonyl (C=O) groups excluding carboxylic acids is 2. The van der Waals surface area contributed by atoms with Gasteiger partial charge in [-0.1, -0.05) is 83.9 Å². The number of hydrogen-bond acceptors (Lipinski definition) is 3. The Labute approximate surface area is 162 Å². The van der Waals surface area contributed by atoms with Crippen LogP contribution in [0.3, 0.4) is 0 Å². The average Bonchev–Trinajstić information content (AvgIpc) is 2.66. The normalized spacial score (nSPS) is 18.8. The van der Waals surface area contributed by atoms with E-state index in [1.165, 1.54) is 4.90 Å². The lowest BCUT2D eigenvalue weighted by Crippen LogP contribution is -2.78. The number of alkyl halides is 2. The summed E-state index contributed by atoms with van der Waals surface area (Å²) in [4.78, 5) is 26.7. The molecule has 1 atom stereocenters. The highest BCUT2D eigenvalue weighted by atomic mass is 35.5. The van der Waals surface area contributed by atoms with Crippen LogP contribution in [0.5, 0.6) is 0 Å². The molecule has 0 spiro atoms. The van der Waals surface area contributed by atoms with Gasteiger partial charge in [0.25, 0.3) is 5.91 Å². The summed E-state index contributed by atoms with van der Waals surface area (Å²) in [6.07, 6.45) is 0. The van der Waals surface area contributed by atoms with E-state index in [2.05, 4.69) is 0 Å². The molecule has 2 aromatic rings. The number of likely N-dealkylation sites (tertiary alicyclic amines) is 1. The first kappa shape index (κ1) is 18.7. The number of benzene rings is 2. The van der Waals surface area contributed by atoms with Crippen LogP contribution in [0.1, 0.15) is 25.0 Å². The number of hydrogen-bond donors (Lipinski definition) is 0. The molecule has 1 amide bonds. The van der Waals surface area contributed by atoms with Gasteiger partial charge in [-0.25, -0.2) is 4.79 Å². The summed E-state index contributed by atoms with van der Waals surface area (Å²) in [5.41, 5.74) is 0.265. The monoisotopic (exact) mass is 391 g/mol. The summed E-state index contributed by atoms with van der Waals surface area (Å²) < 4.78 is 3.38. The molecular formula is C20H19Cl2NO3. The van der Waals surface area contributed by atoms with Crippen molar-refractivity contribution in [3.05, 3.63) is 71.8 Å². The third kappa shape index (κ3) is 2.51. The average molecular weight is 392 g/mol. The molecule has 1 fully saturated rings. The fourth-order valence-corrected chi connectivity index (χ4v) is 4.36. The molecule has 1 aliphatic heterocycles. The van der Waals surface area contributed by atoms with Crippen LogP contribution in [0.2, 0.25) is 0 Å². The SMILES string of the molecule is CCOC(=O)[C@H](C)N1C(=O)C(Cl)(Cl)C1(c1ccccc1)c1ccccc1. The molecule has 4 nitrogen and oxygen atoms in total. The number of esters is 1. The van der Waals surface area contributed by atoms with Gasteiger partial charge in [-0.05, 0) is 25.0 Å². The summed E-state index contributed by atoms with van der Waals surface area (Å²) in [5.74, 6) is -1.02. The molecule has 6 heteroatoms. The third-order valence-corrected chi connectivity index (χ3v) is 5.57. The molecular weight excluding hydrogens is 373 g/mol. The Morgan fingerprint density at radius 2 is 1.50 bits per heavy atom. The predicted octanol–water partition coefficient (Wildman–Crippen LogP) is 3.90. The van der Waals surface area contributed by atoms with Crippen LogP contribution >= 0.6 is 23.2 Å². The van der Waals surface area contributed by atoms with Gasteiger partial charge in [0.1, 0.15) is 11.6 Å². The highest BCUT2D eigenvalue weighted by molar-refractivity contribution is 6.61. The van der Waals surface area contributed by atoms with Gasteiger partial charge in [0.15, 0.2) is 0 Å². The van der Waals surface area contributed by atoms with Gasteiger partial charge in [0.05, 0.1) is 6.61 Å². The fraction of sp³-hybridized carbons (Fsp3) is 0.300. The van der Waals surface area contributed by atoms with Crippen LogP contribution in [0.15, 0.2) is 60.7 Å². The topological polar surface area (TPSA) is 46.6 Å². The van der Waals surface area contributed by atoms with Crippen molar-refractivity contribution in [3.8, 4) is 0 Å². The second-order valence-electron chi connectivity index (χ2n) is 6.12. The summed E-state index contributed by atoms with van der Waals surface area (Å²) in [7, 11) is 0. The maximum Gasteiger partial charge on any atom is 0.328 e. The van der Waals surface area contributed by atoms with Gasteiger partial charge >= 0.3 is 5.97 Å². The summed E-state index contributed by atoms with van der Waals surface area (Å²) >= 11 is 13.2. The highest BCUT2D eigenvalue weighted by Crippen LogP contribution is 2.60. The lowest BCUT2D eigenvalue weighted by atomic mass is 9.70. The molecule has 3 rings (SSSR count). The maximum absolute atomic E-state index is 12.8. The molecule has 1 saturated heterocycles. The van der Waals surface area contributed by atoms with E-state index in [0.29, 0.717) is 0 Å². The van der Waals surface area contributed by atoms with Gasteiger partial charge in [0.2, 0.25) is 4.33 Å². The van der Waals surface area contributed by atoms with Crippen molar-refractivity contribution in [3.63, 3.8) is 0 Å². The molecule has 26 heavy (non-hydrogen) atoms. The molecule has 0 saturated carbocycles. The number of carbonyl (C=O) groups is 2. The van der Waals surface area contributed by atoms with Crippen molar-refractivity contribution in [1.82, 2.24) is 4.90 Å². The molecule has 0 N–H and O–H groups in total. The van der Waals surface area contributed by atoms with Crippen molar-refractivity contribution in [2.75, 3.05) is 6.61 Å². The second-order valence-corrected chi connectivity index (χ2v) is 7.45. The first-order valence-electron chi connectivity index (χ1n) is 8.38. The Morgan fingerprint density at radius 3 is 1.92 bits per heavy atom. The van der Waals surface area contributed by atoms with Crippen LogP contribution in [0.4, 0.5) is 0 Å². The Kier molecular flexibility index (Phi) is 5.00. The molecule has 0 aromatic heterocycles. The van der Waals surface area contributed by atoms with E-state index < -0.39 is 27.8 Å². The Balaban J connectivity index is 2.23. The zero-order chi connectivity index (χ0) is 18.9. The Hall–Kier alpha value is -2.04. The van der Waals surface area contributed by atoms with Crippen LogP contribution in [-0.2, 0) is 19.9 Å². The van der Waals surface area contributed by atoms with Crippen molar-refractivity contribution in [2.45, 2.75) is 29.8 Å². The number of halogens is 2. The summed E-state index contributed by atoms with van der Waals surface area (Å²) in [6, 6.07) is 17.7. The summed E-state index contributed by atoms with van der Waals surface area (Å²) in [6.45, 7) is 3.57. The van der Waals surface area contributed by atoms with Gasteiger partial charge in [0, 0.05) is 0 Å². The van der Waals surface area contributed by atoms with Crippen molar-refractivity contribution < 1.29 is 14.3 Å². The van der Waals surface area contributed by atoms with E-state index in [4.69, 9.17) is 27.9 Å². The third-order valence-electron chi connectivity index (χ3n) is 4.70. The number of nitrogens with zero attached hydrogens (tertiary/aromatic N) is 1. The number of rotatable bonds is 5. The highest BCUT2D eigenvalue weighted by Gasteiger charge is 2.73. The zero-order valence-electron chi connectivity index (χ0n) is 14.5. The van der Waals surface area contributed by atoms with Crippen LogP contribution < -0.4 is 0 Å². The molecule has 1 heterocycles. The first-order valence-corrected chi connectivity index (χ1v) is 9.13. The summed E-state index contributed by atoms with van der Waals surface area (Å²) in [5, 5.41) is 0. The largest absolute Gasteiger partial charge is 0.464 e. The quantitative estimate of drug-likeness (QED) is 0.441. The lowest BCUT2D eigenvalue weighted by molar-refractivity contribution is -0.172. The number of β-lactam (4-membered cyclic amide) rings is 1. The van der Waals surface area contributed by atoms with E-state index in [-0.39, 0.29) is 6.61 Å². The fourth-order valence-electron chi connectivity index (χ4n) is 3.56. The Bertz CT molecular complexity index is 769. The molecule has 0 radical (unpaired) electrons. The van der Waals surface area contributed by atoms with Crippen molar-refractivity contribution >= 4 is 35.1 Å². The van der Waals surface area contributed by atoms with E-state index in [1.807, 2.05) is 60.7 Å². The van der Waals surface area contributed by atoms with Crippen molar-refractivity contribution in [1.29, 1.82) is 0 Å². The van der Waals surface area contributed by atoms with E-state index in [9.17, 15) is 9.59 Å². The Morgan fingerprint density at radius 1 is 1.04 bits per heavy atom. The van der Waals surface area contributed by atoms with Gasteiger partial charge in [-0.15, -0.1) is 0 Å². The van der Waals surface area contributed by atoms with Gasteiger partial charge < -0.3 is 9.64 Å². The lowest BCUT2D eigenvalue weighted by Gasteiger charge is -2.61. The molecule has 0 bridgehead atoms. The van der Waals surface area contributed by atoms with E-state index in [1.54, 1.807) is 13.8 Å². The number of ether oxygens (including phenoxy) is 1. The number of amides is 1. The van der Waals surface area contributed by atoms with E-state index in [0.717, 1.165) is 11.1 Å². The maximum atomic E-state index is 12.8. The minimum atomic E-state index is -1.74. The second kappa shape index (κ2) is 6.93. The molecule has 2 aromatic carbocycles. The molecule has 136 valence electrons. The minimum Gasteiger partial charge on any atom is -0.464 e. The zero-order valence-corrected chi connectivity index (χ0v) is 16.0. The standard InChI is InChI=1S/C20H19Cl2NO3/c1-3-26-17(24)14(2)23-18(25)20(21,22)19(23,15-10-6-4-7-11-15)16-12-8-5-9-13-16/h4-14H,3H2,1-2H3/t14-/m0/s1. The van der Waals surface area contributed by atoms with E-state index >= 15 is 0 Å². The van der Waals surface area contributed by atoms with Crippen LogP contribution in [0, 0.1) is 0 Å². The predicted molar refractivity (Wildman–Crippen MR) is 101 cm³/mol. The van der Waals surface area contributed by atoms with Crippen LogP contribution in [0.25, 0.3) is 0 Å². The molecule has 1 aliphatic rings. The molecule has 0 unspecified atom stereocenters. The van der Waals surface area contributed by atoms with Gasteiger partial charge in [-0.2, -0.15) is 0 Å². The smallest absolute Gasteiger partial charge is 0.328 e.